The Bertz CT molecular complexity index is 407. The van der Waals surface area contributed by atoms with Gasteiger partial charge in [0.05, 0.1) is 10.7 Å². The summed E-state index contributed by atoms with van der Waals surface area (Å²) in [6.07, 6.45) is 4.21. The van der Waals surface area contributed by atoms with E-state index in [2.05, 4.69) is 10.6 Å². The Morgan fingerprint density at radius 1 is 1.35 bits per heavy atom. The van der Waals surface area contributed by atoms with Crippen LogP contribution in [-0.2, 0) is 4.74 Å². The Morgan fingerprint density at radius 2 is 2.15 bits per heavy atom. The van der Waals surface area contributed by atoms with Crippen molar-refractivity contribution in [2.24, 2.45) is 0 Å². The molecule has 1 aromatic heterocycles. The lowest BCUT2D eigenvalue weighted by Gasteiger charge is -2.03. The normalized spacial score (nSPS) is 10.5. The molecule has 0 aliphatic carbocycles. The van der Waals surface area contributed by atoms with E-state index in [0.29, 0.717) is 17.1 Å². The van der Waals surface area contributed by atoms with Crippen LogP contribution < -0.4 is 16.4 Å². The summed E-state index contributed by atoms with van der Waals surface area (Å²) in [5, 5.41) is 7.11. The Hall–Kier alpha value is -1.27. The molecular formula is C14H25N3O2S. The molecular weight excluding hydrogens is 274 g/mol. The Kier molecular flexibility index (Phi) is 8.06. The molecule has 6 heteroatoms. The molecule has 20 heavy (non-hydrogen) atoms. The summed E-state index contributed by atoms with van der Waals surface area (Å²) in [6, 6.07) is 1.83. The van der Waals surface area contributed by atoms with Crippen molar-refractivity contribution < 1.29 is 9.53 Å². The number of hydrogen-bond donors (Lipinski definition) is 3. The van der Waals surface area contributed by atoms with E-state index in [0.717, 1.165) is 43.8 Å². The number of nitrogen functional groups attached to an aromatic ring is 1. The first-order valence-corrected chi connectivity index (χ1v) is 7.91. The number of anilines is 2. The summed E-state index contributed by atoms with van der Waals surface area (Å²) in [5.41, 5.74) is 6.42. The van der Waals surface area contributed by atoms with Gasteiger partial charge in [0.15, 0.2) is 0 Å². The molecule has 0 spiro atoms. The highest BCUT2D eigenvalue weighted by atomic mass is 32.1. The van der Waals surface area contributed by atoms with E-state index in [1.807, 2.05) is 13.0 Å². The zero-order valence-electron chi connectivity index (χ0n) is 12.3. The lowest BCUT2D eigenvalue weighted by atomic mass is 10.2. The number of unbranched alkanes of at least 4 members (excludes halogenated alkanes) is 2. The molecule has 0 aromatic carbocycles. The zero-order chi connectivity index (χ0) is 14.8. The third-order valence-electron chi connectivity index (χ3n) is 2.83. The fourth-order valence-electron chi connectivity index (χ4n) is 1.75. The first-order valence-electron chi connectivity index (χ1n) is 7.09. The number of nitrogens with one attached hydrogen (secondary N) is 2. The minimum Gasteiger partial charge on any atom is -0.397 e. The van der Waals surface area contributed by atoms with Crippen LogP contribution in [0.4, 0.5) is 10.7 Å². The highest BCUT2D eigenvalue weighted by Crippen LogP contribution is 2.29. The van der Waals surface area contributed by atoms with E-state index in [1.165, 1.54) is 11.3 Å². The maximum atomic E-state index is 11.9. The topological polar surface area (TPSA) is 76.4 Å². The van der Waals surface area contributed by atoms with Crippen LogP contribution in [0.2, 0.25) is 0 Å². The van der Waals surface area contributed by atoms with Gasteiger partial charge in [0, 0.05) is 26.8 Å². The molecule has 0 aliphatic rings. The molecule has 1 heterocycles. The molecule has 0 radical (unpaired) electrons. The van der Waals surface area contributed by atoms with Gasteiger partial charge in [0.1, 0.15) is 4.88 Å². The van der Waals surface area contributed by atoms with Crippen LogP contribution in [0.3, 0.4) is 0 Å². The average molecular weight is 299 g/mol. The van der Waals surface area contributed by atoms with Gasteiger partial charge in [-0.15, -0.1) is 11.3 Å². The monoisotopic (exact) mass is 299 g/mol. The molecule has 1 aromatic rings. The fraction of sp³-hybridized carbons (Fsp3) is 0.643. The predicted molar refractivity (Wildman–Crippen MR) is 85.6 cm³/mol. The van der Waals surface area contributed by atoms with Gasteiger partial charge in [0.25, 0.3) is 5.91 Å². The highest BCUT2D eigenvalue weighted by molar-refractivity contribution is 7.18. The SMILES string of the molecule is CCCNC(=O)c1sc(NCCCCCOC)cc1N. The number of hydrogen-bond acceptors (Lipinski definition) is 5. The van der Waals surface area contributed by atoms with Gasteiger partial charge in [0.2, 0.25) is 0 Å². The number of methoxy groups -OCH3 is 1. The van der Waals surface area contributed by atoms with E-state index in [-0.39, 0.29) is 5.91 Å². The number of thiophene rings is 1. The van der Waals surface area contributed by atoms with Crippen LogP contribution in [0.25, 0.3) is 0 Å². The minimum absolute atomic E-state index is 0.0810. The number of amides is 1. The van der Waals surface area contributed by atoms with Crippen molar-refractivity contribution in [1.82, 2.24) is 5.32 Å². The number of rotatable bonds is 10. The second-order valence-electron chi connectivity index (χ2n) is 4.63. The van der Waals surface area contributed by atoms with Crippen LogP contribution in [0.15, 0.2) is 6.07 Å². The van der Waals surface area contributed by atoms with Gasteiger partial charge >= 0.3 is 0 Å². The molecule has 4 N–H and O–H groups in total. The fourth-order valence-corrected chi connectivity index (χ4v) is 2.67. The summed E-state index contributed by atoms with van der Waals surface area (Å²) in [6.45, 7) is 4.40. The second-order valence-corrected chi connectivity index (χ2v) is 5.68. The molecule has 1 rings (SSSR count). The Labute approximate surface area is 124 Å². The van der Waals surface area contributed by atoms with Crippen molar-refractivity contribution in [3.8, 4) is 0 Å². The Morgan fingerprint density at radius 3 is 2.85 bits per heavy atom. The Balaban J connectivity index is 2.35. The van der Waals surface area contributed by atoms with Crippen molar-refractivity contribution >= 4 is 27.9 Å². The smallest absolute Gasteiger partial charge is 0.263 e. The predicted octanol–water partition coefficient (Wildman–Crippen LogP) is 2.70. The molecule has 0 saturated heterocycles. The minimum atomic E-state index is -0.0810. The summed E-state index contributed by atoms with van der Waals surface area (Å²) in [4.78, 5) is 12.5. The van der Waals surface area contributed by atoms with Crippen LogP contribution in [0, 0.1) is 0 Å². The largest absolute Gasteiger partial charge is 0.397 e. The van der Waals surface area contributed by atoms with E-state index in [1.54, 1.807) is 7.11 Å². The van der Waals surface area contributed by atoms with Gasteiger partial charge in [-0.2, -0.15) is 0 Å². The van der Waals surface area contributed by atoms with Crippen molar-refractivity contribution in [2.45, 2.75) is 32.6 Å². The molecule has 1 amide bonds. The van der Waals surface area contributed by atoms with Gasteiger partial charge < -0.3 is 21.1 Å². The second kappa shape index (κ2) is 9.61. The van der Waals surface area contributed by atoms with E-state index in [9.17, 15) is 4.79 Å². The van der Waals surface area contributed by atoms with Crippen molar-refractivity contribution in [1.29, 1.82) is 0 Å². The summed E-state index contributed by atoms with van der Waals surface area (Å²) in [7, 11) is 1.72. The first-order chi connectivity index (χ1) is 9.69. The van der Waals surface area contributed by atoms with Crippen molar-refractivity contribution in [3.63, 3.8) is 0 Å². The van der Waals surface area contributed by atoms with E-state index in [4.69, 9.17) is 10.5 Å². The first kappa shape index (κ1) is 16.8. The summed E-state index contributed by atoms with van der Waals surface area (Å²) in [5.74, 6) is -0.0810. The van der Waals surface area contributed by atoms with Gasteiger partial charge in [-0.1, -0.05) is 6.92 Å². The third-order valence-corrected chi connectivity index (χ3v) is 3.93. The molecule has 5 nitrogen and oxygen atoms in total. The van der Waals surface area contributed by atoms with Crippen LogP contribution >= 0.6 is 11.3 Å². The molecule has 0 fully saturated rings. The van der Waals surface area contributed by atoms with Gasteiger partial charge in [-0.3, -0.25) is 4.79 Å². The van der Waals surface area contributed by atoms with Crippen LogP contribution in [0.1, 0.15) is 42.3 Å². The molecule has 0 bridgehead atoms. The number of carbonyl (C=O) groups excluding carboxylic acids is 1. The summed E-state index contributed by atoms with van der Waals surface area (Å²) >= 11 is 1.41. The molecule has 114 valence electrons. The standard InChI is InChI=1S/C14H25N3O2S/c1-3-7-17-14(18)13-11(15)10-12(20-13)16-8-5-4-6-9-19-2/h10,16H,3-9,15H2,1-2H3,(H,17,18). The van der Waals surface area contributed by atoms with Crippen molar-refractivity contribution in [3.05, 3.63) is 10.9 Å². The number of ether oxygens (including phenoxy) is 1. The molecule has 0 atom stereocenters. The quantitative estimate of drug-likeness (QED) is 0.581. The maximum Gasteiger partial charge on any atom is 0.263 e. The maximum absolute atomic E-state index is 11.9. The van der Waals surface area contributed by atoms with Gasteiger partial charge in [-0.05, 0) is 31.7 Å². The van der Waals surface area contributed by atoms with E-state index >= 15 is 0 Å². The number of carbonyl (C=O) groups is 1. The van der Waals surface area contributed by atoms with Crippen LogP contribution in [-0.4, -0.2) is 32.7 Å². The number of nitrogens with two attached hydrogens (primary N) is 1. The van der Waals surface area contributed by atoms with Crippen LogP contribution in [0.5, 0.6) is 0 Å². The zero-order valence-corrected chi connectivity index (χ0v) is 13.1. The molecule has 0 unspecified atom stereocenters. The molecule has 0 aliphatic heterocycles. The van der Waals surface area contributed by atoms with E-state index < -0.39 is 0 Å². The van der Waals surface area contributed by atoms with Crippen molar-refractivity contribution in [2.75, 3.05) is 37.9 Å². The summed E-state index contributed by atoms with van der Waals surface area (Å²) < 4.78 is 5.00. The van der Waals surface area contributed by atoms with Gasteiger partial charge in [-0.25, -0.2) is 0 Å². The molecule has 0 saturated carbocycles. The lowest BCUT2D eigenvalue weighted by Crippen LogP contribution is -2.23. The lowest BCUT2D eigenvalue weighted by molar-refractivity contribution is 0.0958. The average Bonchev–Trinajstić information content (AvgIpc) is 2.81. The highest BCUT2D eigenvalue weighted by Gasteiger charge is 2.13. The third kappa shape index (κ3) is 5.79.